The Hall–Kier alpha value is -0.970. The Morgan fingerprint density at radius 2 is 2.00 bits per heavy atom. The second-order valence-corrected chi connectivity index (χ2v) is 6.12. The molecule has 0 spiro atoms. The summed E-state index contributed by atoms with van der Waals surface area (Å²) in [6.45, 7) is 1.76. The normalized spacial score (nSPS) is 12.2. The van der Waals surface area contributed by atoms with Crippen molar-refractivity contribution in [3.8, 4) is 5.75 Å². The predicted molar refractivity (Wildman–Crippen MR) is 81.9 cm³/mol. The largest absolute Gasteiger partial charge is 0.497 e. The molecule has 1 atom stereocenters. The Bertz CT molecular complexity index is 570. The van der Waals surface area contributed by atoms with Gasteiger partial charge in [-0.15, -0.1) is 0 Å². The van der Waals surface area contributed by atoms with Crippen LogP contribution in [0, 0.1) is 0 Å². The fourth-order valence-electron chi connectivity index (χ4n) is 1.65. The van der Waals surface area contributed by atoms with Crippen LogP contribution < -0.4 is 4.74 Å². The van der Waals surface area contributed by atoms with Crippen LogP contribution in [0.15, 0.2) is 56.7 Å². The molecule has 4 heteroatoms. The number of aliphatic hydroxyl groups excluding tert-OH is 1. The smallest absolute Gasteiger partial charge is 0.119 e. The molecule has 19 heavy (non-hydrogen) atoms. The molecule has 0 aliphatic heterocycles. The highest BCUT2D eigenvalue weighted by atomic mass is 79.9. The van der Waals surface area contributed by atoms with Gasteiger partial charge in [0.15, 0.2) is 0 Å². The molecule has 1 N–H and O–H groups in total. The van der Waals surface area contributed by atoms with Crippen molar-refractivity contribution in [2.24, 2.45) is 0 Å². The van der Waals surface area contributed by atoms with Gasteiger partial charge in [-0.05, 0) is 58.7 Å². The van der Waals surface area contributed by atoms with Crippen molar-refractivity contribution in [1.29, 1.82) is 0 Å². The molecule has 0 fully saturated rings. The molecule has 2 rings (SSSR count). The molecule has 100 valence electrons. The van der Waals surface area contributed by atoms with Crippen molar-refractivity contribution in [1.82, 2.24) is 0 Å². The standard InChI is InChI=1S/C15H15BrO2S/c1-10(17)11-6-7-15(14(16)8-11)19-13-5-3-4-12(9-13)18-2/h3-10,17H,1-2H3/t10-/m0/s1. The fraction of sp³-hybridized carbons (Fsp3) is 0.200. The van der Waals surface area contributed by atoms with E-state index in [0.717, 1.165) is 25.6 Å². The van der Waals surface area contributed by atoms with Crippen molar-refractivity contribution in [3.05, 3.63) is 52.5 Å². The molecular formula is C15H15BrO2S. The number of hydrogen-bond donors (Lipinski definition) is 1. The maximum absolute atomic E-state index is 9.55. The predicted octanol–water partition coefficient (Wildman–Crippen LogP) is 4.66. The highest BCUT2D eigenvalue weighted by Gasteiger charge is 2.07. The van der Waals surface area contributed by atoms with Crippen molar-refractivity contribution in [2.75, 3.05) is 7.11 Å². The molecule has 2 aromatic carbocycles. The summed E-state index contributed by atoms with van der Waals surface area (Å²) < 4.78 is 6.20. The van der Waals surface area contributed by atoms with Gasteiger partial charge in [0.2, 0.25) is 0 Å². The van der Waals surface area contributed by atoms with E-state index in [4.69, 9.17) is 4.74 Å². The van der Waals surface area contributed by atoms with Gasteiger partial charge in [0.1, 0.15) is 5.75 Å². The van der Waals surface area contributed by atoms with Gasteiger partial charge in [0, 0.05) is 14.3 Å². The molecule has 2 nitrogen and oxygen atoms in total. The van der Waals surface area contributed by atoms with Crippen LogP contribution in [-0.2, 0) is 0 Å². The molecule has 2 aromatic rings. The van der Waals surface area contributed by atoms with E-state index in [1.807, 2.05) is 42.5 Å². The fourth-order valence-corrected chi connectivity index (χ4v) is 3.16. The summed E-state index contributed by atoms with van der Waals surface area (Å²) in [6.07, 6.45) is -0.452. The number of halogens is 1. The van der Waals surface area contributed by atoms with Gasteiger partial charge in [0.05, 0.1) is 13.2 Å². The van der Waals surface area contributed by atoms with Crippen LogP contribution in [0.2, 0.25) is 0 Å². The van der Waals surface area contributed by atoms with Gasteiger partial charge in [0.25, 0.3) is 0 Å². The number of benzene rings is 2. The lowest BCUT2D eigenvalue weighted by molar-refractivity contribution is 0.199. The molecule has 0 heterocycles. The molecule has 0 saturated heterocycles. The zero-order valence-electron chi connectivity index (χ0n) is 10.8. The highest BCUT2D eigenvalue weighted by Crippen LogP contribution is 2.36. The third-order valence-electron chi connectivity index (χ3n) is 2.71. The first-order valence-electron chi connectivity index (χ1n) is 5.89. The van der Waals surface area contributed by atoms with E-state index in [0.29, 0.717) is 0 Å². The summed E-state index contributed by atoms with van der Waals surface area (Å²) in [6, 6.07) is 13.8. The first-order valence-corrected chi connectivity index (χ1v) is 7.50. The van der Waals surface area contributed by atoms with Gasteiger partial charge in [-0.25, -0.2) is 0 Å². The molecule has 0 radical (unpaired) electrons. The average Bonchev–Trinajstić information content (AvgIpc) is 2.41. The maximum Gasteiger partial charge on any atom is 0.119 e. The minimum atomic E-state index is -0.452. The first kappa shape index (κ1) is 14.4. The van der Waals surface area contributed by atoms with Crippen molar-refractivity contribution < 1.29 is 9.84 Å². The molecule has 0 aromatic heterocycles. The monoisotopic (exact) mass is 338 g/mol. The van der Waals surface area contributed by atoms with Crippen LogP contribution >= 0.6 is 27.7 Å². The van der Waals surface area contributed by atoms with Crippen LogP contribution in [0.1, 0.15) is 18.6 Å². The summed E-state index contributed by atoms with van der Waals surface area (Å²) >= 11 is 5.20. The topological polar surface area (TPSA) is 29.5 Å². The van der Waals surface area contributed by atoms with Crippen LogP contribution in [0.5, 0.6) is 5.75 Å². The van der Waals surface area contributed by atoms with E-state index in [1.54, 1.807) is 25.8 Å². The van der Waals surface area contributed by atoms with Gasteiger partial charge >= 0.3 is 0 Å². The number of ether oxygens (including phenoxy) is 1. The Balaban J connectivity index is 2.23. The first-order chi connectivity index (χ1) is 9.10. The van der Waals surface area contributed by atoms with Crippen LogP contribution in [0.3, 0.4) is 0 Å². The Morgan fingerprint density at radius 1 is 1.21 bits per heavy atom. The molecule has 0 aliphatic rings. The van der Waals surface area contributed by atoms with Gasteiger partial charge < -0.3 is 9.84 Å². The second kappa shape index (κ2) is 6.46. The van der Waals surface area contributed by atoms with Crippen molar-refractivity contribution >= 4 is 27.7 Å². The number of methoxy groups -OCH3 is 1. The van der Waals surface area contributed by atoms with E-state index in [9.17, 15) is 5.11 Å². The average molecular weight is 339 g/mol. The SMILES string of the molecule is COc1cccc(Sc2ccc([C@H](C)O)cc2Br)c1. The summed E-state index contributed by atoms with van der Waals surface area (Å²) in [7, 11) is 1.66. The Kier molecular flexibility index (Phi) is 4.91. The highest BCUT2D eigenvalue weighted by molar-refractivity contribution is 9.10. The van der Waals surface area contributed by atoms with Crippen molar-refractivity contribution in [2.45, 2.75) is 22.8 Å². The van der Waals surface area contributed by atoms with E-state index in [2.05, 4.69) is 15.9 Å². The van der Waals surface area contributed by atoms with Crippen LogP contribution in [0.25, 0.3) is 0 Å². The zero-order chi connectivity index (χ0) is 13.8. The van der Waals surface area contributed by atoms with E-state index in [1.165, 1.54) is 0 Å². The van der Waals surface area contributed by atoms with Gasteiger partial charge in [-0.3, -0.25) is 0 Å². The maximum atomic E-state index is 9.55. The molecule has 0 aliphatic carbocycles. The summed E-state index contributed by atoms with van der Waals surface area (Å²) in [4.78, 5) is 2.22. The lowest BCUT2D eigenvalue weighted by atomic mass is 10.1. The molecule has 0 unspecified atom stereocenters. The van der Waals surface area contributed by atoms with Crippen LogP contribution in [0.4, 0.5) is 0 Å². The lowest BCUT2D eigenvalue weighted by Crippen LogP contribution is -1.91. The minimum Gasteiger partial charge on any atom is -0.497 e. The van der Waals surface area contributed by atoms with E-state index < -0.39 is 6.10 Å². The van der Waals surface area contributed by atoms with Gasteiger partial charge in [-0.2, -0.15) is 0 Å². The number of aliphatic hydroxyl groups is 1. The molecule has 0 bridgehead atoms. The third kappa shape index (κ3) is 3.75. The second-order valence-electron chi connectivity index (χ2n) is 4.15. The number of rotatable bonds is 4. The lowest BCUT2D eigenvalue weighted by Gasteiger charge is -2.09. The Labute approximate surface area is 125 Å². The summed E-state index contributed by atoms with van der Waals surface area (Å²) in [5, 5.41) is 9.55. The van der Waals surface area contributed by atoms with Crippen molar-refractivity contribution in [3.63, 3.8) is 0 Å². The molecule has 0 amide bonds. The van der Waals surface area contributed by atoms with Crippen LogP contribution in [-0.4, -0.2) is 12.2 Å². The number of hydrogen-bond acceptors (Lipinski definition) is 3. The minimum absolute atomic E-state index is 0.452. The van der Waals surface area contributed by atoms with Gasteiger partial charge in [-0.1, -0.05) is 23.9 Å². The summed E-state index contributed by atoms with van der Waals surface area (Å²) in [5.74, 6) is 0.849. The Morgan fingerprint density at radius 3 is 2.63 bits per heavy atom. The zero-order valence-corrected chi connectivity index (χ0v) is 13.2. The third-order valence-corrected chi connectivity index (χ3v) is 4.69. The molecule has 0 saturated carbocycles. The van der Waals surface area contributed by atoms with E-state index in [-0.39, 0.29) is 0 Å². The summed E-state index contributed by atoms with van der Waals surface area (Å²) in [5.41, 5.74) is 0.905. The quantitative estimate of drug-likeness (QED) is 0.878. The van der Waals surface area contributed by atoms with E-state index >= 15 is 0 Å². The molecular weight excluding hydrogens is 324 g/mol.